The van der Waals surface area contributed by atoms with Crippen molar-refractivity contribution in [2.45, 2.75) is 26.3 Å². The van der Waals surface area contributed by atoms with E-state index in [0.717, 1.165) is 35.4 Å². The highest BCUT2D eigenvalue weighted by Gasteiger charge is 2.27. The zero-order chi connectivity index (χ0) is 22.2. The van der Waals surface area contributed by atoms with Crippen molar-refractivity contribution >= 4 is 28.4 Å². The number of aromatic nitrogens is 2. The number of fused-ring (bicyclic) bond motifs is 2. The molecule has 0 bridgehead atoms. The molecule has 3 aromatic carbocycles. The minimum atomic E-state index is -0.284. The van der Waals surface area contributed by atoms with Crippen LogP contribution < -0.4 is 15.0 Å². The normalized spacial score (nSPS) is 15.5. The quantitative estimate of drug-likeness (QED) is 0.435. The summed E-state index contributed by atoms with van der Waals surface area (Å²) in [5, 5.41) is 4.17. The molecule has 0 spiro atoms. The number of aryl methyl sites for hydroxylation is 1. The van der Waals surface area contributed by atoms with Gasteiger partial charge in [-0.15, -0.1) is 0 Å². The minimum absolute atomic E-state index is 0.169. The number of anilines is 3. The van der Waals surface area contributed by atoms with E-state index in [9.17, 15) is 4.39 Å². The van der Waals surface area contributed by atoms with E-state index in [0.29, 0.717) is 11.7 Å². The lowest BCUT2D eigenvalue weighted by atomic mass is 9.92. The Morgan fingerprint density at radius 1 is 1.06 bits per heavy atom. The van der Waals surface area contributed by atoms with Gasteiger partial charge in [0.15, 0.2) is 0 Å². The van der Waals surface area contributed by atoms with E-state index in [1.807, 2.05) is 18.2 Å². The molecule has 0 aliphatic carbocycles. The average Bonchev–Trinajstić information content (AvgIpc) is 2.80. The predicted octanol–water partition coefficient (Wildman–Crippen LogP) is 5.95. The van der Waals surface area contributed by atoms with Crippen LogP contribution in [0.1, 0.15) is 29.7 Å². The van der Waals surface area contributed by atoms with E-state index in [1.54, 1.807) is 19.2 Å². The second-order valence-electron chi connectivity index (χ2n) is 8.18. The number of nitrogens with zero attached hydrogens (tertiary/aromatic N) is 3. The van der Waals surface area contributed by atoms with Gasteiger partial charge in [0.25, 0.3) is 0 Å². The Morgan fingerprint density at radius 3 is 2.66 bits per heavy atom. The fraction of sp³-hybridized carbons (Fsp3) is 0.231. The van der Waals surface area contributed by atoms with Gasteiger partial charge in [0.1, 0.15) is 22.9 Å². The molecule has 1 aliphatic rings. The molecule has 1 aliphatic heterocycles. The molecule has 1 unspecified atom stereocenters. The highest BCUT2D eigenvalue weighted by atomic mass is 19.1. The molecule has 0 saturated heterocycles. The van der Waals surface area contributed by atoms with Crippen LogP contribution in [0.4, 0.5) is 21.8 Å². The van der Waals surface area contributed by atoms with E-state index in [4.69, 9.17) is 14.7 Å². The Morgan fingerprint density at radius 2 is 1.88 bits per heavy atom. The molecule has 0 amide bonds. The number of halogens is 1. The van der Waals surface area contributed by atoms with Crippen LogP contribution in [-0.4, -0.2) is 23.6 Å². The number of hydrogen-bond donors (Lipinski definition) is 1. The number of hydrogen-bond acceptors (Lipinski definition) is 5. The Balaban J connectivity index is 1.62. The van der Waals surface area contributed by atoms with Gasteiger partial charge in [0, 0.05) is 17.6 Å². The number of para-hydroxylation sites is 1. The summed E-state index contributed by atoms with van der Waals surface area (Å²) in [7, 11) is 1.64. The van der Waals surface area contributed by atoms with Gasteiger partial charge in [-0.3, -0.25) is 0 Å². The van der Waals surface area contributed by atoms with Crippen LogP contribution in [0, 0.1) is 12.7 Å². The molecule has 32 heavy (non-hydrogen) atoms. The summed E-state index contributed by atoms with van der Waals surface area (Å²) in [6, 6.07) is 18.9. The molecule has 0 saturated carbocycles. The molecule has 5 rings (SSSR count). The number of rotatable bonds is 4. The Hall–Kier alpha value is -3.67. The first-order chi connectivity index (χ1) is 15.5. The predicted molar refractivity (Wildman–Crippen MR) is 126 cm³/mol. The highest BCUT2D eigenvalue weighted by molar-refractivity contribution is 5.95. The molecule has 0 fully saturated rings. The van der Waals surface area contributed by atoms with Gasteiger partial charge >= 0.3 is 0 Å². The third-order valence-corrected chi connectivity index (χ3v) is 6.10. The van der Waals surface area contributed by atoms with Crippen LogP contribution in [0.25, 0.3) is 10.9 Å². The summed E-state index contributed by atoms with van der Waals surface area (Å²) in [5.74, 6) is 1.71. The highest BCUT2D eigenvalue weighted by Crippen LogP contribution is 2.38. The average molecular weight is 429 g/mol. The molecular formula is C26H25FN4O. The standard InChI is InChI=1S/C26H25FN4O/c1-16-7-12-21-17(2)31(14-13-18(21)15-16)25-22-5-4-6-23(32-3)24(22)29-26(30-25)28-20-10-8-19(27)9-11-20/h4-12,15,17H,13-14H2,1-3H3,(H,28,29,30). The second kappa shape index (κ2) is 8.11. The van der Waals surface area contributed by atoms with Crippen molar-refractivity contribution in [3.05, 3.63) is 83.2 Å². The lowest BCUT2D eigenvalue weighted by molar-refractivity contribution is 0.419. The monoisotopic (exact) mass is 428 g/mol. The maximum Gasteiger partial charge on any atom is 0.229 e. The Labute approximate surface area is 186 Å². The van der Waals surface area contributed by atoms with Gasteiger partial charge in [-0.1, -0.05) is 29.8 Å². The first-order valence-electron chi connectivity index (χ1n) is 10.8. The second-order valence-corrected chi connectivity index (χ2v) is 8.18. The first kappa shape index (κ1) is 20.2. The van der Waals surface area contributed by atoms with E-state index >= 15 is 0 Å². The van der Waals surface area contributed by atoms with Crippen LogP contribution in [0.3, 0.4) is 0 Å². The van der Waals surface area contributed by atoms with Crippen molar-refractivity contribution in [2.24, 2.45) is 0 Å². The van der Waals surface area contributed by atoms with E-state index in [2.05, 4.69) is 42.3 Å². The van der Waals surface area contributed by atoms with Crippen LogP contribution in [0.5, 0.6) is 5.75 Å². The fourth-order valence-electron chi connectivity index (χ4n) is 4.46. The lowest BCUT2D eigenvalue weighted by Gasteiger charge is -2.37. The van der Waals surface area contributed by atoms with Crippen molar-refractivity contribution in [3.8, 4) is 5.75 Å². The van der Waals surface area contributed by atoms with Gasteiger partial charge in [-0.25, -0.2) is 9.37 Å². The van der Waals surface area contributed by atoms with Gasteiger partial charge in [0.05, 0.1) is 13.2 Å². The molecular weight excluding hydrogens is 403 g/mol. The summed E-state index contributed by atoms with van der Waals surface area (Å²) < 4.78 is 18.9. The summed E-state index contributed by atoms with van der Waals surface area (Å²) in [4.78, 5) is 12.0. The number of methoxy groups -OCH3 is 1. The maximum absolute atomic E-state index is 13.3. The van der Waals surface area contributed by atoms with E-state index in [1.165, 1.54) is 28.8 Å². The number of nitrogens with one attached hydrogen (secondary N) is 1. The van der Waals surface area contributed by atoms with Crippen molar-refractivity contribution in [1.29, 1.82) is 0 Å². The van der Waals surface area contributed by atoms with Crippen LogP contribution >= 0.6 is 0 Å². The summed E-state index contributed by atoms with van der Waals surface area (Å²) in [5.41, 5.74) is 5.47. The molecule has 1 aromatic heterocycles. The van der Waals surface area contributed by atoms with Crippen LogP contribution in [-0.2, 0) is 6.42 Å². The summed E-state index contributed by atoms with van der Waals surface area (Å²) in [6.45, 7) is 5.21. The van der Waals surface area contributed by atoms with Crippen molar-refractivity contribution in [3.63, 3.8) is 0 Å². The third kappa shape index (κ3) is 3.62. The van der Waals surface area contributed by atoms with Gasteiger partial charge in [-0.2, -0.15) is 4.98 Å². The van der Waals surface area contributed by atoms with Crippen molar-refractivity contribution in [2.75, 3.05) is 23.9 Å². The molecule has 6 heteroatoms. The smallest absolute Gasteiger partial charge is 0.229 e. The molecule has 2 heterocycles. The summed E-state index contributed by atoms with van der Waals surface area (Å²) >= 11 is 0. The first-order valence-corrected chi connectivity index (χ1v) is 10.8. The molecule has 4 aromatic rings. The van der Waals surface area contributed by atoms with Gasteiger partial charge < -0.3 is 15.0 Å². The molecule has 162 valence electrons. The molecule has 5 nitrogen and oxygen atoms in total. The molecule has 0 radical (unpaired) electrons. The topological polar surface area (TPSA) is 50.3 Å². The fourth-order valence-corrected chi connectivity index (χ4v) is 4.46. The lowest BCUT2D eigenvalue weighted by Crippen LogP contribution is -2.35. The Kier molecular flexibility index (Phi) is 5.13. The molecule has 1 atom stereocenters. The van der Waals surface area contributed by atoms with E-state index < -0.39 is 0 Å². The number of ether oxygens (including phenoxy) is 1. The van der Waals surface area contributed by atoms with Crippen molar-refractivity contribution in [1.82, 2.24) is 9.97 Å². The SMILES string of the molecule is COc1cccc2c(N3CCc4cc(C)ccc4C3C)nc(Nc3ccc(F)cc3)nc12. The largest absolute Gasteiger partial charge is 0.494 e. The summed E-state index contributed by atoms with van der Waals surface area (Å²) in [6.07, 6.45) is 0.956. The minimum Gasteiger partial charge on any atom is -0.494 e. The zero-order valence-corrected chi connectivity index (χ0v) is 18.4. The number of benzene rings is 3. The van der Waals surface area contributed by atoms with E-state index in [-0.39, 0.29) is 11.9 Å². The molecule has 1 N–H and O–H groups in total. The van der Waals surface area contributed by atoms with Crippen LogP contribution in [0.15, 0.2) is 60.7 Å². The van der Waals surface area contributed by atoms with Gasteiger partial charge in [-0.05, 0) is 67.8 Å². The van der Waals surface area contributed by atoms with Gasteiger partial charge in [0.2, 0.25) is 5.95 Å². The van der Waals surface area contributed by atoms with Crippen LogP contribution in [0.2, 0.25) is 0 Å². The zero-order valence-electron chi connectivity index (χ0n) is 18.4. The van der Waals surface area contributed by atoms with Crippen molar-refractivity contribution < 1.29 is 9.13 Å². The third-order valence-electron chi connectivity index (χ3n) is 6.10. The Bertz CT molecular complexity index is 1290. The maximum atomic E-state index is 13.3.